The number of hydrogen-bond donors (Lipinski definition) is 2. The van der Waals surface area contributed by atoms with Crippen LogP contribution >= 0.6 is 0 Å². The van der Waals surface area contributed by atoms with E-state index in [-0.39, 0.29) is 17.5 Å². The Morgan fingerprint density at radius 2 is 2.06 bits per heavy atom. The van der Waals surface area contributed by atoms with Crippen LogP contribution in [0.15, 0.2) is 41.7 Å². The molecule has 1 aromatic carbocycles. The normalized spacial score (nSPS) is 15.2. The minimum atomic E-state index is -0.289. The highest BCUT2D eigenvalue weighted by atomic mass is 16.2. The SMILES string of the molecule is CC(=O)NC1=C(N)CN(Cc2ccccc2)C1=O. The maximum atomic E-state index is 12.0. The molecule has 18 heavy (non-hydrogen) atoms. The fraction of sp³-hybridized carbons (Fsp3) is 0.231. The number of hydrogen-bond acceptors (Lipinski definition) is 3. The molecule has 0 aromatic heterocycles. The summed E-state index contributed by atoms with van der Waals surface area (Å²) < 4.78 is 0. The van der Waals surface area contributed by atoms with Crippen LogP contribution in [0.5, 0.6) is 0 Å². The monoisotopic (exact) mass is 245 g/mol. The third-order valence-electron chi connectivity index (χ3n) is 2.70. The van der Waals surface area contributed by atoms with Gasteiger partial charge in [-0.05, 0) is 5.56 Å². The molecule has 5 heteroatoms. The summed E-state index contributed by atoms with van der Waals surface area (Å²) in [6, 6.07) is 9.65. The molecule has 1 aliphatic heterocycles. The quantitative estimate of drug-likeness (QED) is 0.806. The van der Waals surface area contributed by atoms with Crippen molar-refractivity contribution in [1.29, 1.82) is 0 Å². The van der Waals surface area contributed by atoms with Gasteiger partial charge in [0.15, 0.2) is 0 Å². The standard InChI is InChI=1S/C13H15N3O2/c1-9(17)15-12-11(14)8-16(13(12)18)7-10-5-3-2-4-6-10/h2-6H,7-8,14H2,1H3,(H,15,17). The first-order valence-corrected chi connectivity index (χ1v) is 5.67. The lowest BCUT2D eigenvalue weighted by Crippen LogP contribution is -2.31. The van der Waals surface area contributed by atoms with Gasteiger partial charge in [0.2, 0.25) is 5.91 Å². The minimum Gasteiger partial charge on any atom is -0.399 e. The zero-order valence-corrected chi connectivity index (χ0v) is 10.1. The Balaban J connectivity index is 2.08. The molecule has 0 saturated heterocycles. The fourth-order valence-corrected chi connectivity index (χ4v) is 1.89. The van der Waals surface area contributed by atoms with Gasteiger partial charge in [-0.1, -0.05) is 30.3 Å². The molecule has 1 heterocycles. The van der Waals surface area contributed by atoms with Gasteiger partial charge in [0.25, 0.3) is 5.91 Å². The number of carbonyl (C=O) groups is 2. The molecule has 0 saturated carbocycles. The van der Waals surface area contributed by atoms with Gasteiger partial charge in [0.1, 0.15) is 5.70 Å². The van der Waals surface area contributed by atoms with Gasteiger partial charge in [-0.2, -0.15) is 0 Å². The topological polar surface area (TPSA) is 75.4 Å². The molecule has 94 valence electrons. The highest BCUT2D eigenvalue weighted by molar-refractivity contribution is 5.99. The largest absolute Gasteiger partial charge is 0.399 e. The Morgan fingerprint density at radius 1 is 1.39 bits per heavy atom. The minimum absolute atomic E-state index is 0.207. The Bertz CT molecular complexity index is 508. The van der Waals surface area contributed by atoms with Gasteiger partial charge in [0.05, 0.1) is 12.2 Å². The van der Waals surface area contributed by atoms with Crippen LogP contribution in [0.4, 0.5) is 0 Å². The van der Waals surface area contributed by atoms with Crippen LogP contribution in [0.3, 0.4) is 0 Å². The Kier molecular flexibility index (Phi) is 3.32. The molecule has 0 radical (unpaired) electrons. The van der Waals surface area contributed by atoms with Crippen molar-refractivity contribution in [3.8, 4) is 0 Å². The third kappa shape index (κ3) is 2.51. The van der Waals surface area contributed by atoms with E-state index in [0.717, 1.165) is 5.56 Å². The summed E-state index contributed by atoms with van der Waals surface area (Å²) in [7, 11) is 0. The molecule has 2 amide bonds. The van der Waals surface area contributed by atoms with Gasteiger partial charge < -0.3 is 16.0 Å². The molecule has 5 nitrogen and oxygen atoms in total. The summed E-state index contributed by atoms with van der Waals surface area (Å²) in [5.74, 6) is -0.519. The van der Waals surface area contributed by atoms with Crippen LogP contribution in [0.2, 0.25) is 0 Å². The zero-order chi connectivity index (χ0) is 13.1. The van der Waals surface area contributed by atoms with Crippen molar-refractivity contribution in [1.82, 2.24) is 10.2 Å². The number of benzene rings is 1. The summed E-state index contributed by atoms with van der Waals surface area (Å²) in [6.07, 6.45) is 0. The predicted molar refractivity (Wildman–Crippen MR) is 66.9 cm³/mol. The molecule has 0 unspecified atom stereocenters. The third-order valence-corrected chi connectivity index (χ3v) is 2.70. The van der Waals surface area contributed by atoms with Gasteiger partial charge in [-0.3, -0.25) is 9.59 Å². The molecule has 1 aromatic rings. The van der Waals surface area contributed by atoms with Crippen LogP contribution in [0, 0.1) is 0 Å². The average molecular weight is 245 g/mol. The van der Waals surface area contributed by atoms with E-state index in [2.05, 4.69) is 5.32 Å². The van der Waals surface area contributed by atoms with Crippen molar-refractivity contribution in [3.63, 3.8) is 0 Å². The van der Waals surface area contributed by atoms with E-state index in [1.807, 2.05) is 30.3 Å². The van der Waals surface area contributed by atoms with Crippen molar-refractivity contribution in [2.75, 3.05) is 6.54 Å². The van der Waals surface area contributed by atoms with Crippen LogP contribution in [-0.4, -0.2) is 23.3 Å². The molecule has 0 aliphatic carbocycles. The molecule has 0 atom stereocenters. The predicted octanol–water partition coefficient (Wildman–Crippen LogP) is 0.335. The fourth-order valence-electron chi connectivity index (χ4n) is 1.89. The van der Waals surface area contributed by atoms with Crippen LogP contribution in [0.25, 0.3) is 0 Å². The first-order chi connectivity index (χ1) is 8.58. The van der Waals surface area contributed by atoms with Crippen LogP contribution < -0.4 is 11.1 Å². The number of nitrogens with one attached hydrogen (secondary N) is 1. The molecule has 1 aliphatic rings. The van der Waals surface area contributed by atoms with E-state index < -0.39 is 0 Å². The zero-order valence-electron chi connectivity index (χ0n) is 10.1. The van der Waals surface area contributed by atoms with E-state index in [1.165, 1.54) is 6.92 Å². The van der Waals surface area contributed by atoms with Crippen LogP contribution in [-0.2, 0) is 16.1 Å². The number of rotatable bonds is 3. The molecule has 0 fully saturated rings. The summed E-state index contributed by atoms with van der Waals surface area (Å²) in [5.41, 5.74) is 7.41. The number of nitrogens with zero attached hydrogens (tertiary/aromatic N) is 1. The van der Waals surface area contributed by atoms with Gasteiger partial charge in [-0.25, -0.2) is 0 Å². The number of carbonyl (C=O) groups excluding carboxylic acids is 2. The van der Waals surface area contributed by atoms with Crippen molar-refractivity contribution >= 4 is 11.8 Å². The highest BCUT2D eigenvalue weighted by Crippen LogP contribution is 2.16. The smallest absolute Gasteiger partial charge is 0.272 e. The van der Waals surface area contributed by atoms with E-state index in [0.29, 0.717) is 18.8 Å². The lowest BCUT2D eigenvalue weighted by Gasteiger charge is -2.16. The van der Waals surface area contributed by atoms with Gasteiger partial charge >= 0.3 is 0 Å². The van der Waals surface area contributed by atoms with E-state index in [4.69, 9.17) is 5.73 Å². The van der Waals surface area contributed by atoms with Gasteiger partial charge in [0, 0.05) is 13.5 Å². The second kappa shape index (κ2) is 4.91. The van der Waals surface area contributed by atoms with Crippen molar-refractivity contribution in [2.45, 2.75) is 13.5 Å². The lowest BCUT2D eigenvalue weighted by atomic mass is 10.2. The summed E-state index contributed by atoms with van der Waals surface area (Å²) >= 11 is 0. The Labute approximate surface area is 105 Å². The molecule has 0 bridgehead atoms. The van der Waals surface area contributed by atoms with Crippen molar-refractivity contribution in [3.05, 3.63) is 47.3 Å². The summed E-state index contributed by atoms with van der Waals surface area (Å²) in [4.78, 5) is 24.6. The lowest BCUT2D eigenvalue weighted by molar-refractivity contribution is -0.128. The molecule has 0 spiro atoms. The van der Waals surface area contributed by atoms with Crippen molar-refractivity contribution in [2.24, 2.45) is 5.73 Å². The maximum absolute atomic E-state index is 12.0. The highest BCUT2D eigenvalue weighted by Gasteiger charge is 2.29. The first kappa shape index (κ1) is 12.2. The molecular formula is C13H15N3O2. The molecular weight excluding hydrogens is 230 g/mol. The maximum Gasteiger partial charge on any atom is 0.272 e. The van der Waals surface area contributed by atoms with E-state index in [9.17, 15) is 9.59 Å². The molecule has 3 N–H and O–H groups in total. The molecule has 2 rings (SSSR count). The van der Waals surface area contributed by atoms with Crippen LogP contribution in [0.1, 0.15) is 12.5 Å². The number of amides is 2. The first-order valence-electron chi connectivity index (χ1n) is 5.67. The van der Waals surface area contributed by atoms with E-state index in [1.54, 1.807) is 4.90 Å². The van der Waals surface area contributed by atoms with Crippen molar-refractivity contribution < 1.29 is 9.59 Å². The Morgan fingerprint density at radius 3 is 2.67 bits per heavy atom. The summed E-state index contributed by atoms with van der Waals surface area (Å²) in [5, 5.41) is 2.48. The average Bonchev–Trinajstić information content (AvgIpc) is 2.58. The summed E-state index contributed by atoms with van der Waals surface area (Å²) in [6.45, 7) is 2.19. The van der Waals surface area contributed by atoms with E-state index >= 15 is 0 Å². The second-order valence-electron chi connectivity index (χ2n) is 4.23. The van der Waals surface area contributed by atoms with Gasteiger partial charge in [-0.15, -0.1) is 0 Å². The number of nitrogens with two attached hydrogens (primary N) is 1. The Hall–Kier alpha value is -2.30. The second-order valence-corrected chi connectivity index (χ2v) is 4.23.